The molecule has 17 heavy (non-hydrogen) atoms. The first kappa shape index (κ1) is 13.2. The predicted molar refractivity (Wildman–Crippen MR) is 74.9 cm³/mol. The maximum absolute atomic E-state index is 6.04. The Morgan fingerprint density at radius 1 is 1.35 bits per heavy atom. The van der Waals surface area contributed by atoms with Gasteiger partial charge in [0.1, 0.15) is 12.4 Å². The summed E-state index contributed by atoms with van der Waals surface area (Å²) in [6, 6.07) is 6.34. The molecule has 1 aromatic rings. The van der Waals surface area contributed by atoms with Gasteiger partial charge in [-0.05, 0) is 31.0 Å². The van der Waals surface area contributed by atoms with E-state index in [9.17, 15) is 0 Å². The fourth-order valence-electron chi connectivity index (χ4n) is 2.14. The quantitative estimate of drug-likeness (QED) is 0.828. The molecule has 0 saturated heterocycles. The SMILES string of the molecule is Clc1ccc(Br)cc1OCCNC1CCCC1. The summed E-state index contributed by atoms with van der Waals surface area (Å²) >= 11 is 9.44. The van der Waals surface area contributed by atoms with E-state index in [0.29, 0.717) is 17.7 Å². The first-order valence-electron chi connectivity index (χ1n) is 6.07. The van der Waals surface area contributed by atoms with E-state index in [1.807, 2.05) is 18.2 Å². The third-order valence-corrected chi connectivity index (χ3v) is 3.85. The molecule has 1 aliphatic carbocycles. The number of halogens is 2. The minimum absolute atomic E-state index is 0.659. The molecule has 0 spiro atoms. The van der Waals surface area contributed by atoms with E-state index in [1.54, 1.807) is 0 Å². The molecular weight excluding hydrogens is 302 g/mol. The van der Waals surface area contributed by atoms with Crippen LogP contribution >= 0.6 is 27.5 Å². The van der Waals surface area contributed by atoms with Gasteiger partial charge >= 0.3 is 0 Å². The second-order valence-electron chi connectivity index (χ2n) is 4.36. The van der Waals surface area contributed by atoms with Crippen LogP contribution in [0.1, 0.15) is 25.7 Å². The average Bonchev–Trinajstić information content (AvgIpc) is 2.82. The fraction of sp³-hybridized carbons (Fsp3) is 0.538. The van der Waals surface area contributed by atoms with E-state index in [-0.39, 0.29) is 0 Å². The highest BCUT2D eigenvalue weighted by Gasteiger charge is 2.13. The highest BCUT2D eigenvalue weighted by Crippen LogP contribution is 2.27. The Labute approximate surface area is 116 Å². The lowest BCUT2D eigenvalue weighted by molar-refractivity contribution is 0.305. The lowest BCUT2D eigenvalue weighted by atomic mass is 10.2. The molecule has 1 aromatic carbocycles. The van der Waals surface area contributed by atoms with E-state index in [4.69, 9.17) is 16.3 Å². The Morgan fingerprint density at radius 3 is 2.88 bits per heavy atom. The van der Waals surface area contributed by atoms with Gasteiger partial charge in [-0.25, -0.2) is 0 Å². The molecule has 2 rings (SSSR count). The third kappa shape index (κ3) is 4.16. The minimum atomic E-state index is 0.659. The largest absolute Gasteiger partial charge is 0.491 e. The molecule has 0 heterocycles. The summed E-state index contributed by atoms with van der Waals surface area (Å²) in [5.74, 6) is 0.745. The Bertz CT molecular complexity index is 366. The predicted octanol–water partition coefficient (Wildman–Crippen LogP) is 4.01. The summed E-state index contributed by atoms with van der Waals surface area (Å²) in [7, 11) is 0. The van der Waals surface area contributed by atoms with Gasteiger partial charge in [-0.1, -0.05) is 40.4 Å². The highest BCUT2D eigenvalue weighted by molar-refractivity contribution is 9.10. The van der Waals surface area contributed by atoms with E-state index in [1.165, 1.54) is 25.7 Å². The molecule has 0 atom stereocenters. The fourth-order valence-corrected chi connectivity index (χ4v) is 2.65. The highest BCUT2D eigenvalue weighted by atomic mass is 79.9. The molecule has 1 saturated carbocycles. The minimum Gasteiger partial charge on any atom is -0.491 e. The topological polar surface area (TPSA) is 21.3 Å². The van der Waals surface area contributed by atoms with Crippen molar-refractivity contribution in [2.75, 3.05) is 13.2 Å². The zero-order chi connectivity index (χ0) is 12.1. The summed E-state index contributed by atoms with van der Waals surface area (Å²) in [6.07, 6.45) is 5.32. The molecule has 1 fully saturated rings. The first-order valence-corrected chi connectivity index (χ1v) is 7.24. The van der Waals surface area contributed by atoms with Crippen molar-refractivity contribution in [1.82, 2.24) is 5.32 Å². The van der Waals surface area contributed by atoms with Crippen molar-refractivity contribution >= 4 is 27.5 Å². The van der Waals surface area contributed by atoms with Crippen LogP contribution in [0.5, 0.6) is 5.75 Å². The van der Waals surface area contributed by atoms with E-state index < -0.39 is 0 Å². The number of benzene rings is 1. The van der Waals surface area contributed by atoms with Crippen LogP contribution in [0.25, 0.3) is 0 Å². The normalized spacial score (nSPS) is 16.4. The van der Waals surface area contributed by atoms with Gasteiger partial charge in [0.05, 0.1) is 5.02 Å². The van der Waals surface area contributed by atoms with Crippen LogP contribution in [0.2, 0.25) is 5.02 Å². The number of rotatable bonds is 5. The van der Waals surface area contributed by atoms with Gasteiger partial charge in [0.25, 0.3) is 0 Å². The van der Waals surface area contributed by atoms with Crippen LogP contribution in [-0.4, -0.2) is 19.2 Å². The second-order valence-corrected chi connectivity index (χ2v) is 5.68. The van der Waals surface area contributed by atoms with Crippen molar-refractivity contribution < 1.29 is 4.74 Å². The number of hydrogen-bond acceptors (Lipinski definition) is 2. The summed E-state index contributed by atoms with van der Waals surface area (Å²) in [5.41, 5.74) is 0. The number of nitrogens with one attached hydrogen (secondary N) is 1. The number of hydrogen-bond donors (Lipinski definition) is 1. The Morgan fingerprint density at radius 2 is 2.12 bits per heavy atom. The van der Waals surface area contributed by atoms with Gasteiger partial charge in [-0.2, -0.15) is 0 Å². The zero-order valence-corrected chi connectivity index (χ0v) is 12.1. The smallest absolute Gasteiger partial charge is 0.139 e. The summed E-state index contributed by atoms with van der Waals surface area (Å²) in [6.45, 7) is 1.54. The molecule has 94 valence electrons. The standard InChI is InChI=1S/C13H17BrClNO/c14-10-5-6-12(15)13(9-10)17-8-7-16-11-3-1-2-4-11/h5-6,9,11,16H,1-4,7-8H2. The van der Waals surface area contributed by atoms with Crippen molar-refractivity contribution in [3.05, 3.63) is 27.7 Å². The van der Waals surface area contributed by atoms with Crippen molar-refractivity contribution in [1.29, 1.82) is 0 Å². The Kier molecular flexibility index (Phi) is 5.14. The Balaban J connectivity index is 1.72. The van der Waals surface area contributed by atoms with Gasteiger partial charge in [-0.15, -0.1) is 0 Å². The maximum atomic E-state index is 6.04. The number of ether oxygens (including phenoxy) is 1. The van der Waals surface area contributed by atoms with Gasteiger partial charge in [0.15, 0.2) is 0 Å². The van der Waals surface area contributed by atoms with Gasteiger partial charge in [-0.3, -0.25) is 0 Å². The zero-order valence-electron chi connectivity index (χ0n) is 9.72. The molecule has 4 heteroatoms. The molecule has 0 unspecified atom stereocenters. The summed E-state index contributed by atoms with van der Waals surface area (Å²) < 4.78 is 6.64. The monoisotopic (exact) mass is 317 g/mol. The van der Waals surface area contributed by atoms with Crippen LogP contribution < -0.4 is 10.1 Å². The van der Waals surface area contributed by atoms with Crippen LogP contribution in [0.4, 0.5) is 0 Å². The third-order valence-electron chi connectivity index (χ3n) is 3.04. The molecular formula is C13H17BrClNO. The van der Waals surface area contributed by atoms with Crippen LogP contribution in [0.15, 0.2) is 22.7 Å². The molecule has 1 aliphatic rings. The summed E-state index contributed by atoms with van der Waals surface area (Å²) in [5, 5.41) is 4.17. The molecule has 0 radical (unpaired) electrons. The second kappa shape index (κ2) is 6.62. The van der Waals surface area contributed by atoms with Crippen molar-refractivity contribution in [3.63, 3.8) is 0 Å². The van der Waals surface area contributed by atoms with Crippen LogP contribution in [-0.2, 0) is 0 Å². The van der Waals surface area contributed by atoms with Gasteiger partial charge in [0, 0.05) is 17.1 Å². The van der Waals surface area contributed by atoms with Crippen LogP contribution in [0, 0.1) is 0 Å². The van der Waals surface area contributed by atoms with E-state index in [0.717, 1.165) is 16.8 Å². The molecule has 0 aromatic heterocycles. The lowest BCUT2D eigenvalue weighted by Crippen LogP contribution is -2.30. The van der Waals surface area contributed by atoms with E-state index in [2.05, 4.69) is 21.2 Å². The molecule has 1 N–H and O–H groups in total. The molecule has 0 amide bonds. The molecule has 0 aliphatic heterocycles. The van der Waals surface area contributed by atoms with E-state index >= 15 is 0 Å². The first-order chi connectivity index (χ1) is 8.25. The van der Waals surface area contributed by atoms with Crippen molar-refractivity contribution in [2.24, 2.45) is 0 Å². The van der Waals surface area contributed by atoms with Crippen LogP contribution in [0.3, 0.4) is 0 Å². The van der Waals surface area contributed by atoms with Crippen molar-refractivity contribution in [2.45, 2.75) is 31.7 Å². The van der Waals surface area contributed by atoms with Crippen molar-refractivity contribution in [3.8, 4) is 5.75 Å². The molecule has 0 bridgehead atoms. The summed E-state index contributed by atoms with van der Waals surface area (Å²) in [4.78, 5) is 0. The van der Waals surface area contributed by atoms with Gasteiger partial charge in [0.2, 0.25) is 0 Å². The maximum Gasteiger partial charge on any atom is 0.139 e. The molecule has 2 nitrogen and oxygen atoms in total. The van der Waals surface area contributed by atoms with Gasteiger partial charge < -0.3 is 10.1 Å². The average molecular weight is 319 g/mol. The lowest BCUT2D eigenvalue weighted by Gasteiger charge is -2.13. The Hall–Kier alpha value is -0.250.